The number of carbonyl (C=O) groups excluding carboxylic acids is 2. The molecule has 1 heterocycles. The molecule has 4 rings (SSSR count). The number of ether oxygens (including phenoxy) is 1. The van der Waals surface area contributed by atoms with Gasteiger partial charge in [0.25, 0.3) is 5.91 Å². The maximum atomic E-state index is 12.7. The summed E-state index contributed by atoms with van der Waals surface area (Å²) in [5.74, 6) is -0.456. The first-order valence-electron chi connectivity index (χ1n) is 9.56. The predicted octanol–water partition coefficient (Wildman–Crippen LogP) is 4.63. The number of hydrogen-bond acceptors (Lipinski definition) is 4. The molecular formula is C23H23NO4. The van der Waals surface area contributed by atoms with Gasteiger partial charge in [-0.3, -0.25) is 4.79 Å². The van der Waals surface area contributed by atoms with Gasteiger partial charge in [-0.15, -0.1) is 0 Å². The van der Waals surface area contributed by atoms with E-state index >= 15 is 0 Å². The van der Waals surface area contributed by atoms with E-state index in [0.717, 1.165) is 33.2 Å². The minimum Gasteiger partial charge on any atom is -0.510 e. The van der Waals surface area contributed by atoms with Crippen molar-refractivity contribution in [2.75, 3.05) is 6.61 Å². The van der Waals surface area contributed by atoms with E-state index in [1.165, 1.54) is 0 Å². The molecule has 144 valence electrons. The Bertz CT molecular complexity index is 917. The van der Waals surface area contributed by atoms with Crippen LogP contribution < -0.4 is 0 Å². The number of aliphatic hydroxyl groups excluding tert-OH is 1. The van der Waals surface area contributed by atoms with Gasteiger partial charge in [-0.1, -0.05) is 62.4 Å². The lowest BCUT2D eigenvalue weighted by atomic mass is 9.98. The van der Waals surface area contributed by atoms with Crippen molar-refractivity contribution < 1.29 is 19.4 Å². The fraction of sp³-hybridized carbons (Fsp3) is 0.304. The normalized spacial score (nSPS) is 18.2. The molecule has 2 amide bonds. The Balaban J connectivity index is 1.53. The Kier molecular flexibility index (Phi) is 4.67. The molecule has 2 aromatic rings. The van der Waals surface area contributed by atoms with Crippen LogP contribution in [0.25, 0.3) is 11.1 Å². The molecule has 0 aromatic heterocycles. The minimum atomic E-state index is -0.710. The molecule has 1 atom stereocenters. The van der Waals surface area contributed by atoms with Crippen LogP contribution in [0.1, 0.15) is 37.3 Å². The SMILES string of the molecule is CC(C)CC1C(O)=CC(=O)N1C(=O)OCC1c2ccccc2-c2ccccc21. The first-order chi connectivity index (χ1) is 13.5. The molecule has 1 unspecified atom stereocenters. The van der Waals surface area contributed by atoms with E-state index in [1.54, 1.807) is 0 Å². The van der Waals surface area contributed by atoms with Crippen LogP contribution in [-0.4, -0.2) is 34.7 Å². The van der Waals surface area contributed by atoms with Crippen LogP contribution in [0, 0.1) is 5.92 Å². The van der Waals surface area contributed by atoms with E-state index in [2.05, 4.69) is 12.1 Å². The van der Waals surface area contributed by atoms with E-state index in [1.807, 2.05) is 50.2 Å². The van der Waals surface area contributed by atoms with Crippen LogP contribution >= 0.6 is 0 Å². The van der Waals surface area contributed by atoms with Gasteiger partial charge in [0.15, 0.2) is 0 Å². The fourth-order valence-electron chi connectivity index (χ4n) is 4.13. The Morgan fingerprint density at radius 1 is 1.07 bits per heavy atom. The van der Waals surface area contributed by atoms with Crippen molar-refractivity contribution in [1.82, 2.24) is 4.90 Å². The number of rotatable bonds is 4. The fourth-order valence-corrected chi connectivity index (χ4v) is 4.13. The highest BCUT2D eigenvalue weighted by molar-refractivity contribution is 6.02. The first-order valence-corrected chi connectivity index (χ1v) is 9.56. The molecule has 5 heteroatoms. The largest absolute Gasteiger partial charge is 0.510 e. The van der Waals surface area contributed by atoms with E-state index in [9.17, 15) is 14.7 Å². The molecule has 0 bridgehead atoms. The number of nitrogens with zero attached hydrogens (tertiary/aromatic N) is 1. The third kappa shape index (κ3) is 3.07. The van der Waals surface area contributed by atoms with Crippen molar-refractivity contribution in [3.05, 3.63) is 71.5 Å². The molecule has 0 saturated heterocycles. The molecule has 2 aliphatic rings. The van der Waals surface area contributed by atoms with Gasteiger partial charge >= 0.3 is 6.09 Å². The topological polar surface area (TPSA) is 66.8 Å². The molecule has 0 fully saturated rings. The monoisotopic (exact) mass is 377 g/mol. The maximum Gasteiger partial charge on any atom is 0.417 e. The summed E-state index contributed by atoms with van der Waals surface area (Å²) in [6.07, 6.45) is 0.894. The quantitative estimate of drug-likeness (QED) is 0.843. The van der Waals surface area contributed by atoms with Crippen LogP contribution in [0.5, 0.6) is 0 Å². The summed E-state index contributed by atoms with van der Waals surface area (Å²) in [5, 5.41) is 10.1. The molecule has 1 aliphatic carbocycles. The van der Waals surface area contributed by atoms with Gasteiger partial charge in [-0.2, -0.15) is 0 Å². The minimum absolute atomic E-state index is 0.0702. The van der Waals surface area contributed by atoms with Crippen LogP contribution in [0.15, 0.2) is 60.4 Å². The second kappa shape index (κ2) is 7.15. The van der Waals surface area contributed by atoms with Crippen LogP contribution in [-0.2, 0) is 9.53 Å². The van der Waals surface area contributed by atoms with Gasteiger partial charge in [0.1, 0.15) is 18.4 Å². The van der Waals surface area contributed by atoms with E-state index in [-0.39, 0.29) is 24.2 Å². The summed E-state index contributed by atoms with van der Waals surface area (Å²) >= 11 is 0. The van der Waals surface area contributed by atoms with Crippen LogP contribution in [0.3, 0.4) is 0 Å². The Morgan fingerprint density at radius 2 is 1.64 bits per heavy atom. The lowest BCUT2D eigenvalue weighted by Gasteiger charge is -2.25. The zero-order valence-corrected chi connectivity index (χ0v) is 16.0. The van der Waals surface area contributed by atoms with Crippen LogP contribution in [0.4, 0.5) is 4.79 Å². The van der Waals surface area contributed by atoms with Gasteiger partial charge < -0.3 is 9.84 Å². The summed E-state index contributed by atoms with van der Waals surface area (Å²) in [6, 6.07) is 15.5. The van der Waals surface area contributed by atoms with Crippen molar-refractivity contribution in [1.29, 1.82) is 0 Å². The first kappa shape index (κ1) is 18.3. The third-order valence-electron chi connectivity index (χ3n) is 5.39. The molecule has 28 heavy (non-hydrogen) atoms. The van der Waals surface area contributed by atoms with Gasteiger partial charge in [0.05, 0.1) is 0 Å². The Labute approximate surface area is 164 Å². The number of imide groups is 1. The maximum absolute atomic E-state index is 12.7. The number of amides is 2. The average molecular weight is 377 g/mol. The lowest BCUT2D eigenvalue weighted by Crippen LogP contribution is -2.42. The molecular weight excluding hydrogens is 354 g/mol. The summed E-state index contributed by atoms with van der Waals surface area (Å²) in [7, 11) is 0. The molecule has 0 radical (unpaired) electrons. The summed E-state index contributed by atoms with van der Waals surface area (Å²) < 4.78 is 5.58. The summed E-state index contributed by atoms with van der Waals surface area (Å²) in [4.78, 5) is 25.9. The average Bonchev–Trinajstić information content (AvgIpc) is 3.13. The van der Waals surface area contributed by atoms with Crippen molar-refractivity contribution in [3.63, 3.8) is 0 Å². The summed E-state index contributed by atoms with van der Waals surface area (Å²) in [5.41, 5.74) is 4.52. The lowest BCUT2D eigenvalue weighted by molar-refractivity contribution is -0.124. The van der Waals surface area contributed by atoms with E-state index in [0.29, 0.717) is 6.42 Å². The molecule has 0 spiro atoms. The smallest absolute Gasteiger partial charge is 0.417 e. The summed E-state index contributed by atoms with van der Waals surface area (Å²) in [6.45, 7) is 4.10. The zero-order valence-electron chi connectivity index (χ0n) is 16.0. The predicted molar refractivity (Wildman–Crippen MR) is 106 cm³/mol. The Morgan fingerprint density at radius 3 is 2.21 bits per heavy atom. The number of aliphatic hydroxyl groups is 1. The number of carbonyl (C=O) groups is 2. The van der Waals surface area contributed by atoms with Gasteiger partial charge in [0, 0.05) is 12.0 Å². The Hall–Kier alpha value is -3.08. The number of hydrogen-bond donors (Lipinski definition) is 1. The highest BCUT2D eigenvalue weighted by Gasteiger charge is 2.39. The number of fused-ring (bicyclic) bond motifs is 3. The van der Waals surface area contributed by atoms with Crippen molar-refractivity contribution in [2.45, 2.75) is 32.2 Å². The number of benzene rings is 2. The van der Waals surface area contributed by atoms with Crippen molar-refractivity contribution in [3.8, 4) is 11.1 Å². The van der Waals surface area contributed by atoms with Gasteiger partial charge in [0.2, 0.25) is 0 Å². The molecule has 1 N–H and O–H groups in total. The highest BCUT2D eigenvalue weighted by atomic mass is 16.6. The molecule has 5 nitrogen and oxygen atoms in total. The standard InChI is InChI=1S/C23H23NO4/c1-14(2)11-20-21(25)12-22(26)24(20)23(27)28-13-19-17-9-5-3-7-15(17)16-8-4-6-10-18(16)19/h3-10,12,14,19-20,25H,11,13H2,1-2H3. The van der Waals surface area contributed by atoms with Crippen molar-refractivity contribution >= 4 is 12.0 Å². The van der Waals surface area contributed by atoms with Crippen LogP contribution in [0.2, 0.25) is 0 Å². The molecule has 0 saturated carbocycles. The highest BCUT2D eigenvalue weighted by Crippen LogP contribution is 2.44. The second-order valence-corrected chi connectivity index (χ2v) is 7.73. The van der Waals surface area contributed by atoms with Crippen molar-refractivity contribution in [2.24, 2.45) is 5.92 Å². The molecule has 2 aromatic carbocycles. The molecule has 1 aliphatic heterocycles. The van der Waals surface area contributed by atoms with Gasteiger partial charge in [-0.05, 0) is 34.6 Å². The second-order valence-electron chi connectivity index (χ2n) is 7.73. The van der Waals surface area contributed by atoms with Gasteiger partial charge in [-0.25, -0.2) is 9.69 Å². The van der Waals surface area contributed by atoms with E-state index in [4.69, 9.17) is 4.74 Å². The zero-order chi connectivity index (χ0) is 19.8. The van der Waals surface area contributed by atoms with E-state index < -0.39 is 18.0 Å². The third-order valence-corrected chi connectivity index (χ3v) is 5.39.